The van der Waals surface area contributed by atoms with E-state index in [1.807, 2.05) is 30.3 Å². The summed E-state index contributed by atoms with van der Waals surface area (Å²) in [5.41, 5.74) is 6.75. The fraction of sp³-hybridized carbons (Fsp3) is 0.143. The molecule has 0 aromatic heterocycles. The van der Waals surface area contributed by atoms with Crippen LogP contribution in [0.1, 0.15) is 5.56 Å². The normalized spacial score (nSPS) is 10.4. The monoisotopic (exact) mass is 323 g/mol. The van der Waals surface area contributed by atoms with Gasteiger partial charge in [0, 0.05) is 15.9 Å². The van der Waals surface area contributed by atoms with Crippen LogP contribution in [0.15, 0.2) is 56.7 Å². The number of methoxy groups -OCH3 is 1. The lowest BCUT2D eigenvalue weighted by Crippen LogP contribution is -1.96. The van der Waals surface area contributed by atoms with Crippen molar-refractivity contribution >= 4 is 27.7 Å². The molecule has 0 bridgehead atoms. The Morgan fingerprint density at radius 2 is 2.00 bits per heavy atom. The number of hydrogen-bond donors (Lipinski definition) is 1. The molecule has 0 amide bonds. The van der Waals surface area contributed by atoms with Crippen molar-refractivity contribution in [3.05, 3.63) is 52.5 Å². The van der Waals surface area contributed by atoms with Gasteiger partial charge in [-0.05, 0) is 29.8 Å². The second-order valence-electron chi connectivity index (χ2n) is 3.71. The molecule has 0 aliphatic rings. The average molecular weight is 324 g/mol. The first-order chi connectivity index (χ1) is 8.74. The number of hydrogen-bond acceptors (Lipinski definition) is 3. The molecule has 18 heavy (non-hydrogen) atoms. The van der Waals surface area contributed by atoms with E-state index in [1.165, 1.54) is 0 Å². The lowest BCUT2D eigenvalue weighted by molar-refractivity contribution is 0.405. The van der Waals surface area contributed by atoms with E-state index in [0.29, 0.717) is 6.54 Å². The summed E-state index contributed by atoms with van der Waals surface area (Å²) in [5.74, 6) is 0.890. The SMILES string of the molecule is COc1ccccc1Sc1ccc(CN)c(Br)c1. The number of benzene rings is 2. The minimum atomic E-state index is 0.542. The summed E-state index contributed by atoms with van der Waals surface area (Å²) in [6.07, 6.45) is 0. The number of para-hydroxylation sites is 1. The Bertz CT molecular complexity index is 545. The fourth-order valence-corrected chi connectivity index (χ4v) is 3.24. The molecule has 94 valence electrons. The summed E-state index contributed by atoms with van der Waals surface area (Å²) in [6, 6.07) is 14.2. The first kappa shape index (κ1) is 13.5. The van der Waals surface area contributed by atoms with Gasteiger partial charge in [-0.15, -0.1) is 0 Å². The summed E-state index contributed by atoms with van der Waals surface area (Å²) in [6.45, 7) is 0.542. The maximum absolute atomic E-state index is 5.64. The van der Waals surface area contributed by atoms with Crippen LogP contribution >= 0.6 is 27.7 Å². The number of ether oxygens (including phenoxy) is 1. The second-order valence-corrected chi connectivity index (χ2v) is 5.68. The third kappa shape index (κ3) is 3.07. The highest BCUT2D eigenvalue weighted by Gasteiger charge is 2.05. The molecule has 0 spiro atoms. The Balaban J connectivity index is 2.26. The first-order valence-corrected chi connectivity index (χ1v) is 7.15. The highest BCUT2D eigenvalue weighted by atomic mass is 79.9. The van der Waals surface area contributed by atoms with Crippen molar-refractivity contribution in [2.24, 2.45) is 5.73 Å². The molecule has 2 nitrogen and oxygen atoms in total. The van der Waals surface area contributed by atoms with Crippen LogP contribution < -0.4 is 10.5 Å². The van der Waals surface area contributed by atoms with Crippen LogP contribution in [0.4, 0.5) is 0 Å². The molecule has 0 aliphatic carbocycles. The third-order valence-corrected chi connectivity index (χ3v) is 4.33. The zero-order valence-electron chi connectivity index (χ0n) is 10.0. The Labute approximate surface area is 120 Å². The molecule has 2 aromatic carbocycles. The summed E-state index contributed by atoms with van der Waals surface area (Å²) < 4.78 is 6.39. The average Bonchev–Trinajstić information content (AvgIpc) is 2.39. The molecule has 0 saturated carbocycles. The molecule has 0 saturated heterocycles. The predicted octanol–water partition coefficient (Wildman–Crippen LogP) is 4.07. The minimum Gasteiger partial charge on any atom is -0.496 e. The van der Waals surface area contributed by atoms with Gasteiger partial charge in [-0.1, -0.05) is 45.9 Å². The highest BCUT2D eigenvalue weighted by molar-refractivity contribution is 9.10. The van der Waals surface area contributed by atoms with Gasteiger partial charge in [0.1, 0.15) is 5.75 Å². The minimum absolute atomic E-state index is 0.542. The van der Waals surface area contributed by atoms with Gasteiger partial charge >= 0.3 is 0 Å². The van der Waals surface area contributed by atoms with E-state index in [1.54, 1.807) is 18.9 Å². The molecule has 0 unspecified atom stereocenters. The number of rotatable bonds is 4. The second kappa shape index (κ2) is 6.27. The van der Waals surface area contributed by atoms with Gasteiger partial charge < -0.3 is 10.5 Å². The van der Waals surface area contributed by atoms with E-state index < -0.39 is 0 Å². The van der Waals surface area contributed by atoms with Crippen molar-refractivity contribution in [1.82, 2.24) is 0 Å². The van der Waals surface area contributed by atoms with Crippen molar-refractivity contribution in [1.29, 1.82) is 0 Å². The summed E-state index contributed by atoms with van der Waals surface area (Å²) in [4.78, 5) is 2.26. The molecule has 2 rings (SSSR count). The predicted molar refractivity (Wildman–Crippen MR) is 79.2 cm³/mol. The summed E-state index contributed by atoms with van der Waals surface area (Å²) in [7, 11) is 1.69. The molecule has 4 heteroatoms. The van der Waals surface area contributed by atoms with Gasteiger partial charge in [0.2, 0.25) is 0 Å². The lowest BCUT2D eigenvalue weighted by atomic mass is 10.2. The molecular formula is C14H14BrNOS. The fourth-order valence-electron chi connectivity index (χ4n) is 1.59. The van der Waals surface area contributed by atoms with E-state index in [9.17, 15) is 0 Å². The van der Waals surface area contributed by atoms with Crippen molar-refractivity contribution < 1.29 is 4.74 Å². The van der Waals surface area contributed by atoms with Crippen molar-refractivity contribution in [3.8, 4) is 5.75 Å². The Morgan fingerprint density at radius 3 is 2.67 bits per heavy atom. The number of halogens is 1. The molecule has 2 aromatic rings. The molecule has 0 heterocycles. The molecule has 2 N–H and O–H groups in total. The largest absolute Gasteiger partial charge is 0.496 e. The standard InChI is InChI=1S/C14H14BrNOS/c1-17-13-4-2-3-5-14(13)18-11-7-6-10(9-16)12(15)8-11/h2-8H,9,16H2,1H3. The third-order valence-electron chi connectivity index (χ3n) is 2.54. The maximum atomic E-state index is 5.64. The van der Waals surface area contributed by atoms with Crippen molar-refractivity contribution in [2.45, 2.75) is 16.3 Å². The number of nitrogens with two attached hydrogens (primary N) is 1. The van der Waals surface area contributed by atoms with Crippen LogP contribution in [0.3, 0.4) is 0 Å². The molecule has 0 fully saturated rings. The zero-order chi connectivity index (χ0) is 13.0. The van der Waals surface area contributed by atoms with E-state index in [2.05, 4.69) is 28.1 Å². The van der Waals surface area contributed by atoms with Crippen LogP contribution in [0, 0.1) is 0 Å². The van der Waals surface area contributed by atoms with Crippen LogP contribution in [-0.4, -0.2) is 7.11 Å². The topological polar surface area (TPSA) is 35.2 Å². The van der Waals surface area contributed by atoms with Crippen LogP contribution in [0.2, 0.25) is 0 Å². The van der Waals surface area contributed by atoms with Gasteiger partial charge in [-0.25, -0.2) is 0 Å². The smallest absolute Gasteiger partial charge is 0.132 e. The zero-order valence-corrected chi connectivity index (χ0v) is 12.4. The molecule has 0 atom stereocenters. The maximum Gasteiger partial charge on any atom is 0.132 e. The summed E-state index contributed by atoms with van der Waals surface area (Å²) in [5, 5.41) is 0. The van der Waals surface area contributed by atoms with Gasteiger partial charge in [-0.3, -0.25) is 0 Å². The van der Waals surface area contributed by atoms with Crippen LogP contribution in [0.25, 0.3) is 0 Å². The highest BCUT2D eigenvalue weighted by Crippen LogP contribution is 2.36. The van der Waals surface area contributed by atoms with E-state index in [-0.39, 0.29) is 0 Å². The quantitative estimate of drug-likeness (QED) is 0.921. The van der Waals surface area contributed by atoms with Crippen LogP contribution in [0.5, 0.6) is 5.75 Å². The summed E-state index contributed by atoms with van der Waals surface area (Å²) >= 11 is 5.21. The Morgan fingerprint density at radius 1 is 1.22 bits per heavy atom. The van der Waals surface area contributed by atoms with Crippen LogP contribution in [-0.2, 0) is 6.54 Å². The van der Waals surface area contributed by atoms with Gasteiger partial charge in [0.05, 0.1) is 12.0 Å². The van der Waals surface area contributed by atoms with E-state index in [0.717, 1.165) is 25.6 Å². The van der Waals surface area contributed by atoms with Crippen molar-refractivity contribution in [3.63, 3.8) is 0 Å². The molecule has 0 radical (unpaired) electrons. The Hall–Kier alpha value is -0.970. The van der Waals surface area contributed by atoms with Crippen molar-refractivity contribution in [2.75, 3.05) is 7.11 Å². The Kier molecular flexibility index (Phi) is 4.69. The van der Waals surface area contributed by atoms with Gasteiger partial charge in [-0.2, -0.15) is 0 Å². The van der Waals surface area contributed by atoms with Gasteiger partial charge in [0.15, 0.2) is 0 Å². The first-order valence-electron chi connectivity index (χ1n) is 5.54. The molecule has 0 aliphatic heterocycles. The van der Waals surface area contributed by atoms with E-state index in [4.69, 9.17) is 10.5 Å². The van der Waals surface area contributed by atoms with Gasteiger partial charge in [0.25, 0.3) is 0 Å². The van der Waals surface area contributed by atoms with E-state index >= 15 is 0 Å². The lowest BCUT2D eigenvalue weighted by Gasteiger charge is -2.09. The molecular weight excluding hydrogens is 310 g/mol.